The summed E-state index contributed by atoms with van der Waals surface area (Å²) in [5, 5.41) is 7.91. The van der Waals surface area contributed by atoms with Gasteiger partial charge in [-0.2, -0.15) is 0 Å². The van der Waals surface area contributed by atoms with E-state index in [1.807, 2.05) is 13.0 Å². The maximum absolute atomic E-state index is 15.0. The minimum atomic E-state index is -3.60. The van der Waals surface area contributed by atoms with Crippen LogP contribution in [0.3, 0.4) is 0 Å². The summed E-state index contributed by atoms with van der Waals surface area (Å²) < 4.78 is 51.6. The number of piperidine rings is 1. The van der Waals surface area contributed by atoms with E-state index in [4.69, 9.17) is 14.5 Å². The smallest absolute Gasteiger partial charge is 0.228 e. The minimum absolute atomic E-state index is 0.0432. The number of nitrogens with zero attached hydrogens (tertiary/aromatic N) is 3. The highest BCUT2D eigenvalue weighted by atomic mass is 32.2. The van der Waals surface area contributed by atoms with Crippen molar-refractivity contribution >= 4 is 26.6 Å². The Balaban J connectivity index is 1.48. The van der Waals surface area contributed by atoms with Crippen molar-refractivity contribution in [3.05, 3.63) is 71.8 Å². The van der Waals surface area contributed by atoms with E-state index in [2.05, 4.69) is 27.5 Å². The quantitative estimate of drug-likeness (QED) is 0.271. The maximum atomic E-state index is 15.0. The summed E-state index contributed by atoms with van der Waals surface area (Å²) in [5.74, 6) is 0.642. The molecule has 0 bridgehead atoms. The van der Waals surface area contributed by atoms with Gasteiger partial charge in [0, 0.05) is 43.0 Å². The van der Waals surface area contributed by atoms with Gasteiger partial charge >= 0.3 is 0 Å². The number of rotatable bonds is 10. The molecular weight excluding hydrogens is 545 g/mol. The molecule has 2 atom stereocenters. The van der Waals surface area contributed by atoms with E-state index >= 15 is 0 Å². The SMILES string of the molecule is COCCS(=O)(=O)Cc1c(F)ccc2c(Oc3ncccc3-c3ccnc(N[C@@H]4CNC[C@H](C)C4)n3)c(C)ccc12. The Morgan fingerprint density at radius 2 is 1.90 bits per heavy atom. The first-order chi connectivity index (χ1) is 19.7. The van der Waals surface area contributed by atoms with Gasteiger partial charge in [-0.05, 0) is 67.1 Å². The van der Waals surface area contributed by atoms with Crippen LogP contribution in [-0.4, -0.2) is 62.0 Å². The third kappa shape index (κ3) is 6.80. The lowest BCUT2D eigenvalue weighted by molar-refractivity contribution is 0.217. The highest BCUT2D eigenvalue weighted by molar-refractivity contribution is 7.90. The molecule has 0 radical (unpaired) electrons. The van der Waals surface area contributed by atoms with Crippen molar-refractivity contribution in [3.63, 3.8) is 0 Å². The van der Waals surface area contributed by atoms with Crippen LogP contribution in [0.15, 0.2) is 54.9 Å². The van der Waals surface area contributed by atoms with E-state index in [0.717, 1.165) is 25.1 Å². The van der Waals surface area contributed by atoms with Crippen molar-refractivity contribution in [3.8, 4) is 22.9 Å². The van der Waals surface area contributed by atoms with Crippen LogP contribution in [0.2, 0.25) is 0 Å². The highest BCUT2D eigenvalue weighted by Gasteiger charge is 2.22. The summed E-state index contributed by atoms with van der Waals surface area (Å²) in [6.45, 7) is 5.98. The number of sulfone groups is 1. The van der Waals surface area contributed by atoms with Crippen molar-refractivity contribution in [2.45, 2.75) is 32.1 Å². The molecule has 41 heavy (non-hydrogen) atoms. The number of ether oxygens (including phenoxy) is 2. The zero-order chi connectivity index (χ0) is 29.0. The molecule has 0 unspecified atom stereocenters. The number of hydrogen-bond acceptors (Lipinski definition) is 9. The number of anilines is 1. The second-order valence-corrected chi connectivity index (χ2v) is 12.7. The van der Waals surface area contributed by atoms with Crippen LogP contribution in [0, 0.1) is 18.7 Å². The number of nitrogens with one attached hydrogen (secondary N) is 2. The molecule has 4 aromatic rings. The molecule has 1 aliphatic rings. The number of aromatic nitrogens is 3. The molecule has 11 heteroatoms. The second-order valence-electron chi connectivity index (χ2n) is 10.5. The number of halogens is 1. The molecule has 2 N–H and O–H groups in total. The molecular formula is C30H34FN5O4S. The van der Waals surface area contributed by atoms with E-state index in [1.165, 1.54) is 13.2 Å². The van der Waals surface area contributed by atoms with E-state index in [1.54, 1.807) is 42.7 Å². The Hall–Kier alpha value is -3.67. The fraction of sp³-hybridized carbons (Fsp3) is 0.367. The zero-order valence-corrected chi connectivity index (χ0v) is 24.2. The molecule has 0 aliphatic carbocycles. The number of aryl methyl sites for hydroxylation is 1. The molecule has 5 rings (SSSR count). The van der Waals surface area contributed by atoms with Gasteiger partial charge < -0.3 is 20.1 Å². The van der Waals surface area contributed by atoms with Crippen LogP contribution in [0.1, 0.15) is 24.5 Å². The van der Waals surface area contributed by atoms with Crippen LogP contribution in [-0.2, 0) is 20.3 Å². The Bertz CT molecular complexity index is 1650. The van der Waals surface area contributed by atoms with Gasteiger partial charge in [-0.1, -0.05) is 19.1 Å². The molecule has 2 aromatic carbocycles. The third-order valence-corrected chi connectivity index (χ3v) is 8.69. The normalized spacial score (nSPS) is 17.5. The van der Waals surface area contributed by atoms with Crippen LogP contribution in [0.25, 0.3) is 22.0 Å². The molecule has 1 aliphatic heterocycles. The van der Waals surface area contributed by atoms with Crippen LogP contribution in [0.4, 0.5) is 10.3 Å². The molecule has 0 amide bonds. The van der Waals surface area contributed by atoms with Crippen molar-refractivity contribution < 1.29 is 22.3 Å². The fourth-order valence-corrected chi connectivity index (χ4v) is 6.40. The van der Waals surface area contributed by atoms with Crippen molar-refractivity contribution in [2.24, 2.45) is 5.92 Å². The van der Waals surface area contributed by atoms with Gasteiger partial charge in [-0.25, -0.2) is 27.8 Å². The first-order valence-electron chi connectivity index (χ1n) is 13.6. The molecule has 9 nitrogen and oxygen atoms in total. The van der Waals surface area contributed by atoms with Crippen LogP contribution >= 0.6 is 0 Å². The van der Waals surface area contributed by atoms with Gasteiger partial charge in [0.05, 0.1) is 29.4 Å². The number of hydrogen-bond donors (Lipinski definition) is 2. The zero-order valence-electron chi connectivity index (χ0n) is 23.4. The predicted octanol–water partition coefficient (Wildman–Crippen LogP) is 4.90. The van der Waals surface area contributed by atoms with E-state index < -0.39 is 21.4 Å². The summed E-state index contributed by atoms with van der Waals surface area (Å²) in [4.78, 5) is 13.6. The number of pyridine rings is 1. The lowest BCUT2D eigenvalue weighted by Gasteiger charge is -2.28. The van der Waals surface area contributed by atoms with Gasteiger partial charge in [0.1, 0.15) is 11.6 Å². The predicted molar refractivity (Wildman–Crippen MR) is 157 cm³/mol. The number of methoxy groups -OCH3 is 1. The molecule has 0 spiro atoms. The molecule has 0 saturated carbocycles. The van der Waals surface area contributed by atoms with E-state index in [-0.39, 0.29) is 24.0 Å². The van der Waals surface area contributed by atoms with E-state index in [9.17, 15) is 12.8 Å². The van der Waals surface area contributed by atoms with Crippen molar-refractivity contribution in [1.82, 2.24) is 20.3 Å². The molecule has 2 aromatic heterocycles. The van der Waals surface area contributed by atoms with Gasteiger partial charge in [-0.15, -0.1) is 0 Å². The van der Waals surface area contributed by atoms with Gasteiger partial charge in [0.2, 0.25) is 11.8 Å². The first kappa shape index (κ1) is 28.8. The lowest BCUT2D eigenvalue weighted by Crippen LogP contribution is -2.42. The lowest BCUT2D eigenvalue weighted by atomic mass is 9.98. The van der Waals surface area contributed by atoms with Gasteiger partial charge in [0.25, 0.3) is 0 Å². The number of fused-ring (bicyclic) bond motifs is 1. The van der Waals surface area contributed by atoms with Crippen LogP contribution < -0.4 is 15.4 Å². The highest BCUT2D eigenvalue weighted by Crippen LogP contribution is 2.38. The minimum Gasteiger partial charge on any atom is -0.437 e. The molecule has 3 heterocycles. The Kier molecular flexibility index (Phi) is 8.77. The molecule has 1 saturated heterocycles. The Morgan fingerprint density at radius 1 is 1.07 bits per heavy atom. The topological polar surface area (TPSA) is 115 Å². The molecule has 1 fully saturated rings. The Labute approximate surface area is 239 Å². The largest absolute Gasteiger partial charge is 0.437 e. The van der Waals surface area contributed by atoms with Gasteiger partial charge in [0.15, 0.2) is 9.84 Å². The average molecular weight is 580 g/mol. The second kappa shape index (κ2) is 12.5. The Morgan fingerprint density at radius 3 is 2.71 bits per heavy atom. The van der Waals surface area contributed by atoms with Crippen LogP contribution in [0.5, 0.6) is 11.6 Å². The monoisotopic (exact) mass is 579 g/mol. The fourth-order valence-electron chi connectivity index (χ4n) is 5.10. The van der Waals surface area contributed by atoms with Gasteiger partial charge in [-0.3, -0.25) is 0 Å². The standard InChI is InChI=1S/C30H34FN5O4S/c1-19-15-21(17-32-16-19)35-30-34-12-10-27(36-30)24-5-4-11-33-29(24)40-28-20(2)6-7-22-23(28)8-9-26(31)25(22)18-41(37,38)14-13-39-3/h4-12,19,21,32H,13-18H2,1-3H3,(H,34,35,36)/t19-,21+/m1/s1. The summed E-state index contributed by atoms with van der Waals surface area (Å²) in [6, 6.07) is 12.1. The summed E-state index contributed by atoms with van der Waals surface area (Å²) in [5.41, 5.74) is 2.19. The number of benzene rings is 2. The third-order valence-electron chi connectivity index (χ3n) is 7.17. The summed E-state index contributed by atoms with van der Waals surface area (Å²) in [7, 11) is -2.17. The summed E-state index contributed by atoms with van der Waals surface area (Å²) in [6.07, 6.45) is 4.35. The summed E-state index contributed by atoms with van der Waals surface area (Å²) >= 11 is 0. The average Bonchev–Trinajstić information content (AvgIpc) is 2.95. The molecule has 216 valence electrons. The van der Waals surface area contributed by atoms with Crippen molar-refractivity contribution in [1.29, 1.82) is 0 Å². The van der Waals surface area contributed by atoms with E-state index in [0.29, 0.717) is 45.5 Å². The first-order valence-corrected chi connectivity index (χ1v) is 15.4. The van der Waals surface area contributed by atoms with Crippen molar-refractivity contribution in [2.75, 3.05) is 37.9 Å². The maximum Gasteiger partial charge on any atom is 0.228 e.